The highest BCUT2D eigenvalue weighted by Crippen LogP contribution is 2.46. The number of carbonyl (C=O) groups is 1. The fourth-order valence-corrected chi connectivity index (χ4v) is 6.41. The Kier molecular flexibility index (Phi) is 6.38. The van der Waals surface area contributed by atoms with Gasteiger partial charge >= 0.3 is 5.97 Å². The summed E-state index contributed by atoms with van der Waals surface area (Å²) >= 11 is 3.03. The van der Waals surface area contributed by atoms with Crippen LogP contribution in [-0.4, -0.2) is 23.2 Å². The minimum absolute atomic E-state index is 0.0847. The summed E-state index contributed by atoms with van der Waals surface area (Å²) in [6, 6.07) is 6.49. The molecule has 3 heterocycles. The van der Waals surface area contributed by atoms with Crippen LogP contribution in [0, 0.1) is 5.92 Å². The van der Waals surface area contributed by atoms with Gasteiger partial charge in [0, 0.05) is 23.5 Å². The Balaban J connectivity index is 1.63. The maximum absolute atomic E-state index is 13.2. The van der Waals surface area contributed by atoms with Gasteiger partial charge in [-0.2, -0.15) is 11.3 Å². The Labute approximate surface area is 199 Å². The molecule has 0 spiro atoms. The molecule has 0 aliphatic carbocycles. The van der Waals surface area contributed by atoms with Crippen LogP contribution in [0.5, 0.6) is 0 Å². The summed E-state index contributed by atoms with van der Waals surface area (Å²) in [5, 5.41) is 18.7. The van der Waals surface area contributed by atoms with Crippen molar-refractivity contribution in [3.63, 3.8) is 0 Å². The fraction of sp³-hybridized carbons (Fsp3) is 0.500. The average Bonchev–Trinajstić information content (AvgIpc) is 3.39. The summed E-state index contributed by atoms with van der Waals surface area (Å²) in [6.45, 7) is 11.6. The normalized spacial score (nSPS) is 21.0. The zero-order valence-electron chi connectivity index (χ0n) is 19.6. The molecule has 0 amide bonds. The van der Waals surface area contributed by atoms with E-state index in [0.29, 0.717) is 17.7 Å². The molecule has 6 heteroatoms. The first kappa shape index (κ1) is 23.2. The fourth-order valence-electron chi connectivity index (χ4n) is 4.50. The highest BCUT2D eigenvalue weighted by atomic mass is 32.2. The third-order valence-electron chi connectivity index (χ3n) is 6.61. The van der Waals surface area contributed by atoms with Gasteiger partial charge in [-0.05, 0) is 76.2 Å². The van der Waals surface area contributed by atoms with Crippen molar-refractivity contribution in [2.45, 2.75) is 76.2 Å². The van der Waals surface area contributed by atoms with Crippen molar-refractivity contribution >= 4 is 34.8 Å². The van der Waals surface area contributed by atoms with Crippen LogP contribution in [0.2, 0.25) is 0 Å². The smallest absolute Gasteiger partial charge is 0.349 e. The van der Waals surface area contributed by atoms with Crippen molar-refractivity contribution in [1.29, 1.82) is 0 Å². The van der Waals surface area contributed by atoms with Gasteiger partial charge in [0.25, 0.3) is 0 Å². The number of aliphatic hydroxyl groups is 1. The molecule has 2 aliphatic rings. The van der Waals surface area contributed by atoms with Crippen LogP contribution in [0.3, 0.4) is 0 Å². The Morgan fingerprint density at radius 3 is 2.72 bits per heavy atom. The molecule has 0 saturated carbocycles. The van der Waals surface area contributed by atoms with Gasteiger partial charge in [0.15, 0.2) is 0 Å². The molecule has 0 fully saturated rings. The first-order valence-electron chi connectivity index (χ1n) is 11.3. The number of nitrogens with one attached hydrogen (secondary N) is 1. The molecule has 32 heavy (non-hydrogen) atoms. The summed E-state index contributed by atoms with van der Waals surface area (Å²) in [4.78, 5) is 14.6. The predicted octanol–water partition coefficient (Wildman–Crippen LogP) is 6.85. The maximum atomic E-state index is 13.2. The van der Waals surface area contributed by atoms with Gasteiger partial charge in [-0.25, -0.2) is 4.79 Å². The van der Waals surface area contributed by atoms with E-state index in [-0.39, 0.29) is 17.1 Å². The summed E-state index contributed by atoms with van der Waals surface area (Å²) in [5.74, 6) is -0.144. The average molecular weight is 472 g/mol. The molecule has 2 aliphatic heterocycles. The number of anilines is 1. The number of ether oxygens (including phenoxy) is 1. The van der Waals surface area contributed by atoms with E-state index in [9.17, 15) is 9.90 Å². The molecule has 172 valence electrons. The van der Waals surface area contributed by atoms with Crippen molar-refractivity contribution in [3.05, 3.63) is 56.3 Å². The summed E-state index contributed by atoms with van der Waals surface area (Å²) < 4.78 is 6.12. The highest BCUT2D eigenvalue weighted by Gasteiger charge is 2.44. The van der Waals surface area contributed by atoms with Crippen LogP contribution in [0.25, 0.3) is 0 Å². The second kappa shape index (κ2) is 8.79. The molecule has 4 rings (SSSR count). The molecule has 4 nitrogen and oxygen atoms in total. The predicted molar refractivity (Wildman–Crippen MR) is 134 cm³/mol. The van der Waals surface area contributed by atoms with Crippen LogP contribution in [-0.2, 0) is 27.8 Å². The van der Waals surface area contributed by atoms with Crippen LogP contribution >= 0.6 is 23.1 Å². The molecule has 0 unspecified atom stereocenters. The molecular formula is C26H33NO3S2. The van der Waals surface area contributed by atoms with Gasteiger partial charge in [-0.3, -0.25) is 0 Å². The Bertz CT molecular complexity index is 1030. The molecule has 1 aromatic heterocycles. The number of aliphatic hydroxyl groups excluding tert-OH is 1. The van der Waals surface area contributed by atoms with E-state index in [2.05, 4.69) is 68.9 Å². The molecular weight excluding hydrogens is 438 g/mol. The molecule has 1 aromatic carbocycles. The number of aryl methyl sites for hydroxylation is 1. The monoisotopic (exact) mass is 471 g/mol. The van der Waals surface area contributed by atoms with Gasteiger partial charge < -0.3 is 15.2 Å². The van der Waals surface area contributed by atoms with Crippen molar-refractivity contribution in [3.8, 4) is 0 Å². The first-order valence-corrected chi connectivity index (χ1v) is 13.1. The number of thiophene rings is 1. The summed E-state index contributed by atoms with van der Waals surface area (Å²) in [7, 11) is 0. The lowest BCUT2D eigenvalue weighted by Crippen LogP contribution is -2.44. The third kappa shape index (κ3) is 4.58. The van der Waals surface area contributed by atoms with Crippen LogP contribution in [0.4, 0.5) is 5.69 Å². The standard InChI is InChI=1S/C26H33NO3S2/c1-16(2)26(9-6-17-8-11-31-15-17)14-21(28)23(24(29)30-26)32-22-12-18-7-10-27-20(18)13-19(22)25(3,4)5/h8,11-13,15-16,27-28H,6-7,9-10,14H2,1-5H3/t26-/m0/s1. The van der Waals surface area contributed by atoms with Gasteiger partial charge in [-0.15, -0.1) is 0 Å². The number of benzene rings is 1. The number of esters is 1. The number of carbonyl (C=O) groups excluding carboxylic acids is 1. The van der Waals surface area contributed by atoms with Gasteiger partial charge in [-0.1, -0.05) is 46.4 Å². The molecule has 1 atom stereocenters. The lowest BCUT2D eigenvalue weighted by atomic mass is 9.80. The Hall–Kier alpha value is -1.92. The largest absolute Gasteiger partial charge is 0.511 e. The summed E-state index contributed by atoms with van der Waals surface area (Å²) in [5.41, 5.74) is 4.09. The highest BCUT2D eigenvalue weighted by molar-refractivity contribution is 8.04. The second-order valence-corrected chi connectivity index (χ2v) is 12.1. The first-order chi connectivity index (χ1) is 15.1. The van der Waals surface area contributed by atoms with Crippen LogP contribution in [0.1, 0.15) is 64.2 Å². The number of thioether (sulfide) groups is 1. The van der Waals surface area contributed by atoms with Crippen molar-refractivity contribution in [2.24, 2.45) is 5.92 Å². The van der Waals surface area contributed by atoms with E-state index in [4.69, 9.17) is 4.74 Å². The summed E-state index contributed by atoms with van der Waals surface area (Å²) in [6.07, 6.45) is 2.87. The molecule has 2 N–H and O–H groups in total. The van der Waals surface area contributed by atoms with E-state index >= 15 is 0 Å². The van der Waals surface area contributed by atoms with Gasteiger partial charge in [0.1, 0.15) is 16.3 Å². The minimum atomic E-state index is -0.679. The number of cyclic esters (lactones) is 1. The molecule has 0 radical (unpaired) electrons. The van der Waals surface area contributed by atoms with E-state index in [1.54, 1.807) is 11.3 Å². The van der Waals surface area contributed by atoms with Crippen molar-refractivity contribution < 1.29 is 14.6 Å². The van der Waals surface area contributed by atoms with E-state index in [1.165, 1.54) is 34.1 Å². The SMILES string of the molecule is CC(C)[C@]1(CCc2ccsc2)CC(O)=C(Sc2cc3c(cc2C(C)(C)C)NCC3)C(=O)O1. The number of rotatable bonds is 6. The quantitative estimate of drug-likeness (QED) is 0.451. The Morgan fingerprint density at radius 1 is 1.31 bits per heavy atom. The topological polar surface area (TPSA) is 58.6 Å². The molecule has 0 saturated heterocycles. The van der Waals surface area contributed by atoms with Crippen LogP contribution in [0.15, 0.2) is 44.5 Å². The zero-order chi connectivity index (χ0) is 23.1. The maximum Gasteiger partial charge on any atom is 0.349 e. The molecule has 2 aromatic rings. The molecule has 0 bridgehead atoms. The van der Waals surface area contributed by atoms with Gasteiger partial charge in [0.05, 0.1) is 0 Å². The number of hydrogen-bond acceptors (Lipinski definition) is 6. The number of fused-ring (bicyclic) bond motifs is 1. The Morgan fingerprint density at radius 2 is 2.09 bits per heavy atom. The third-order valence-corrected chi connectivity index (χ3v) is 8.51. The zero-order valence-corrected chi connectivity index (χ0v) is 21.2. The second-order valence-electron chi connectivity index (χ2n) is 10.2. The minimum Gasteiger partial charge on any atom is -0.511 e. The van der Waals surface area contributed by atoms with Crippen LogP contribution < -0.4 is 5.32 Å². The van der Waals surface area contributed by atoms with E-state index < -0.39 is 11.6 Å². The van der Waals surface area contributed by atoms with E-state index in [1.807, 2.05) is 0 Å². The number of hydrogen-bond donors (Lipinski definition) is 2. The van der Waals surface area contributed by atoms with Crippen molar-refractivity contribution in [2.75, 3.05) is 11.9 Å². The lowest BCUT2D eigenvalue weighted by Gasteiger charge is -2.40. The van der Waals surface area contributed by atoms with Gasteiger partial charge in [0.2, 0.25) is 0 Å². The van der Waals surface area contributed by atoms with E-state index in [0.717, 1.165) is 24.3 Å². The lowest BCUT2D eigenvalue weighted by molar-refractivity contribution is -0.164. The van der Waals surface area contributed by atoms with Crippen molar-refractivity contribution in [1.82, 2.24) is 0 Å².